The molecule has 1 aliphatic heterocycles. The average Bonchev–Trinajstić information content (AvgIpc) is 4.13. The molecule has 0 aliphatic carbocycles. The number of aromatic nitrogens is 4. The number of carboxylic acid groups (broad SMARTS) is 1. The number of rotatable bonds is 17. The van der Waals surface area contributed by atoms with E-state index in [9.17, 15) is 29.1 Å². The summed E-state index contributed by atoms with van der Waals surface area (Å²) in [7, 11) is 0. The fourth-order valence-corrected chi connectivity index (χ4v) is 8.61. The number of aryl methyl sites for hydroxylation is 4. The van der Waals surface area contributed by atoms with Crippen molar-refractivity contribution in [3.63, 3.8) is 0 Å². The maximum atomic E-state index is 13.9. The molecule has 65 heavy (non-hydrogen) atoms. The Labute approximate surface area is 371 Å². The van der Waals surface area contributed by atoms with Crippen molar-refractivity contribution in [2.75, 3.05) is 0 Å². The predicted molar refractivity (Wildman–Crippen MR) is 239 cm³/mol. The lowest BCUT2D eigenvalue weighted by Gasteiger charge is -2.42. The van der Waals surface area contributed by atoms with Gasteiger partial charge in [-0.15, -0.1) is 0 Å². The fraction of sp³-hybridized carbons (Fsp3) is 0.260. The molecule has 1 aliphatic rings. The molecule has 9 rings (SSSR count). The molecular weight excluding hydrogens is 833 g/mol. The minimum atomic E-state index is -2.01. The summed E-state index contributed by atoms with van der Waals surface area (Å²) in [5.74, 6) is -4.82. The van der Waals surface area contributed by atoms with Crippen LogP contribution in [0.15, 0.2) is 122 Å². The number of nitrogens with one attached hydrogen (secondary N) is 4. The lowest BCUT2D eigenvalue weighted by Crippen LogP contribution is -2.64. The molecule has 5 atom stereocenters. The van der Waals surface area contributed by atoms with E-state index in [1.165, 1.54) is 0 Å². The van der Waals surface area contributed by atoms with Crippen LogP contribution in [-0.2, 0) is 73.3 Å². The second-order valence-electron chi connectivity index (χ2n) is 16.1. The van der Waals surface area contributed by atoms with E-state index in [1.54, 1.807) is 24.8 Å². The van der Waals surface area contributed by atoms with Crippen molar-refractivity contribution in [1.29, 1.82) is 0 Å². The van der Waals surface area contributed by atoms with Crippen molar-refractivity contribution < 1.29 is 52.8 Å². The van der Waals surface area contributed by atoms with Crippen LogP contribution < -0.4 is 0 Å². The quantitative estimate of drug-likeness (QED) is 0.0445. The van der Waals surface area contributed by atoms with Gasteiger partial charge in [0.15, 0.2) is 18.3 Å². The first kappa shape index (κ1) is 42.6. The second-order valence-corrected chi connectivity index (χ2v) is 16.1. The summed E-state index contributed by atoms with van der Waals surface area (Å²) < 4.78 is 29.7. The molecule has 5 heterocycles. The van der Waals surface area contributed by atoms with Crippen LogP contribution >= 0.6 is 0 Å². The lowest BCUT2D eigenvalue weighted by molar-refractivity contribution is -0.295. The minimum absolute atomic E-state index is 0.165. The van der Waals surface area contributed by atoms with Gasteiger partial charge in [-0.3, -0.25) is 19.2 Å². The molecule has 4 aromatic carbocycles. The number of fused-ring (bicyclic) bond motifs is 4. The Kier molecular flexibility index (Phi) is 12.5. The van der Waals surface area contributed by atoms with E-state index in [1.807, 2.05) is 97.1 Å². The smallest absolute Gasteiger partial charge is 0.337 e. The van der Waals surface area contributed by atoms with E-state index in [2.05, 4.69) is 19.9 Å². The molecule has 1 saturated heterocycles. The molecule has 8 aromatic rings. The first-order valence-corrected chi connectivity index (χ1v) is 21.5. The highest BCUT2D eigenvalue weighted by atomic mass is 16.7. The van der Waals surface area contributed by atoms with Crippen molar-refractivity contribution >= 4 is 73.5 Å². The van der Waals surface area contributed by atoms with Crippen LogP contribution in [0.5, 0.6) is 0 Å². The third-order valence-corrected chi connectivity index (χ3v) is 11.9. The van der Waals surface area contributed by atoms with Crippen LogP contribution in [0.3, 0.4) is 0 Å². The average molecular weight is 879 g/mol. The van der Waals surface area contributed by atoms with Crippen LogP contribution in [-0.4, -0.2) is 85.6 Å². The number of para-hydroxylation sites is 4. The summed E-state index contributed by atoms with van der Waals surface area (Å²) in [4.78, 5) is 81.0. The molecule has 1 fully saturated rings. The summed E-state index contributed by atoms with van der Waals surface area (Å²) in [6.45, 7) is 0. The zero-order chi connectivity index (χ0) is 44.9. The first-order valence-electron chi connectivity index (χ1n) is 21.5. The van der Waals surface area contributed by atoms with Crippen molar-refractivity contribution in [2.24, 2.45) is 0 Å². The number of hydrogen-bond donors (Lipinski definition) is 5. The van der Waals surface area contributed by atoms with E-state index < -0.39 is 60.6 Å². The summed E-state index contributed by atoms with van der Waals surface area (Å²) in [5.41, 5.74) is 6.84. The van der Waals surface area contributed by atoms with Crippen molar-refractivity contribution in [3.8, 4) is 0 Å². The number of hydrogen-bond acceptors (Lipinski definition) is 10. The van der Waals surface area contributed by atoms with Gasteiger partial charge >= 0.3 is 29.8 Å². The SMILES string of the molecule is O=C(CCc1c[nH]c2ccccc12)OC1O[C@H](C(=O)O)[C@@H](OC(=O)CCc2c[nH]c3ccccc23)[C@H](OC(=O)CCc2c[nH]c3ccccc23)[C@H]1OC(=O)CCc1c[nH]c2ccccc12. The van der Waals surface area contributed by atoms with Crippen molar-refractivity contribution in [3.05, 3.63) is 144 Å². The van der Waals surface area contributed by atoms with Gasteiger partial charge in [-0.05, 0) is 72.2 Å². The van der Waals surface area contributed by atoms with Crippen LogP contribution in [0.4, 0.5) is 0 Å². The number of aliphatic carboxylic acids is 1. The molecule has 0 amide bonds. The fourth-order valence-electron chi connectivity index (χ4n) is 8.61. The summed E-state index contributed by atoms with van der Waals surface area (Å²) >= 11 is 0. The number of benzene rings is 4. The maximum Gasteiger partial charge on any atom is 0.337 e. The zero-order valence-corrected chi connectivity index (χ0v) is 35.1. The minimum Gasteiger partial charge on any atom is -0.479 e. The molecule has 1 unspecified atom stereocenters. The Morgan fingerprint density at radius 1 is 0.431 bits per heavy atom. The first-order chi connectivity index (χ1) is 31.7. The Morgan fingerprint density at radius 3 is 1.09 bits per heavy atom. The number of esters is 4. The second kappa shape index (κ2) is 19.0. The third kappa shape index (κ3) is 9.50. The number of ether oxygens (including phenoxy) is 5. The highest BCUT2D eigenvalue weighted by Crippen LogP contribution is 2.32. The molecule has 0 radical (unpaired) electrons. The highest BCUT2D eigenvalue weighted by molar-refractivity contribution is 5.86. The molecule has 0 saturated carbocycles. The number of H-pyrrole nitrogens is 4. The van der Waals surface area contributed by atoms with Gasteiger partial charge in [0.2, 0.25) is 12.4 Å². The maximum absolute atomic E-state index is 13.9. The van der Waals surface area contributed by atoms with Crippen LogP contribution in [0.2, 0.25) is 0 Å². The Hall–Kier alpha value is -7.65. The Bertz CT molecular complexity index is 3010. The number of carbonyl (C=O) groups excluding carboxylic acids is 4. The molecule has 0 spiro atoms. The normalized spacial score (nSPS) is 18.5. The Balaban J connectivity index is 0.995. The zero-order valence-electron chi connectivity index (χ0n) is 35.1. The highest BCUT2D eigenvalue weighted by Gasteiger charge is 2.56. The molecule has 15 heteroatoms. The van der Waals surface area contributed by atoms with Gasteiger partial charge in [0, 0.05) is 94.1 Å². The van der Waals surface area contributed by atoms with Crippen LogP contribution in [0.25, 0.3) is 43.6 Å². The van der Waals surface area contributed by atoms with Gasteiger partial charge in [0.25, 0.3) is 0 Å². The molecule has 332 valence electrons. The molecule has 5 N–H and O–H groups in total. The third-order valence-electron chi connectivity index (χ3n) is 11.9. The van der Waals surface area contributed by atoms with E-state index in [0.29, 0.717) is 0 Å². The van der Waals surface area contributed by atoms with E-state index >= 15 is 0 Å². The van der Waals surface area contributed by atoms with Crippen LogP contribution in [0.1, 0.15) is 47.9 Å². The van der Waals surface area contributed by atoms with Gasteiger partial charge in [-0.2, -0.15) is 0 Å². The molecule has 15 nitrogen and oxygen atoms in total. The van der Waals surface area contributed by atoms with E-state index in [-0.39, 0.29) is 51.4 Å². The lowest BCUT2D eigenvalue weighted by atomic mass is 9.97. The summed E-state index contributed by atoms with van der Waals surface area (Å²) in [5, 5.41) is 14.2. The van der Waals surface area contributed by atoms with Crippen LogP contribution in [0, 0.1) is 0 Å². The molecule has 4 aromatic heterocycles. The number of carbonyl (C=O) groups is 5. The monoisotopic (exact) mass is 878 g/mol. The number of carboxylic acids is 1. The molecular formula is C50H46N4O11. The van der Waals surface area contributed by atoms with Gasteiger partial charge in [-0.25, -0.2) is 4.79 Å². The topological polar surface area (TPSA) is 215 Å². The largest absolute Gasteiger partial charge is 0.479 e. The standard InChI is InChI=1S/C50H46N4O11/c55-41(21-17-29-25-51-37-13-5-1-9-33(29)37)61-45-46(62-42(56)22-18-30-26-52-38-14-6-2-10-34(30)38)48(63-43(57)23-19-31-27-53-39-15-7-3-11-35(31)39)50(65-47(45)49(59)60)64-44(58)24-20-32-28-54-40-16-8-4-12-36(32)40/h1-16,25-28,45-48,50-54H,17-24H2,(H,59,60)/t45-,46-,47-,48+,50?/m0/s1. The van der Waals surface area contributed by atoms with Gasteiger partial charge in [0.1, 0.15) is 0 Å². The molecule has 0 bridgehead atoms. The van der Waals surface area contributed by atoms with Gasteiger partial charge in [-0.1, -0.05) is 72.8 Å². The Morgan fingerprint density at radius 2 is 0.738 bits per heavy atom. The van der Waals surface area contributed by atoms with Crippen molar-refractivity contribution in [2.45, 2.75) is 82.1 Å². The summed E-state index contributed by atoms with van der Waals surface area (Å²) in [6.07, 6.45) is -1.85. The van der Waals surface area contributed by atoms with E-state index in [0.717, 1.165) is 65.9 Å². The predicted octanol–water partition coefficient (Wildman–Crippen LogP) is 7.53. The van der Waals surface area contributed by atoms with Crippen molar-refractivity contribution in [1.82, 2.24) is 19.9 Å². The number of aromatic amines is 4. The van der Waals surface area contributed by atoms with E-state index in [4.69, 9.17) is 23.7 Å². The van der Waals surface area contributed by atoms with Gasteiger partial charge < -0.3 is 48.7 Å². The van der Waals surface area contributed by atoms with Gasteiger partial charge in [0.05, 0.1) is 0 Å². The summed E-state index contributed by atoms with van der Waals surface area (Å²) in [6, 6.07) is 30.3.